The highest BCUT2D eigenvalue weighted by Gasteiger charge is 2.25. The molecule has 0 saturated carbocycles. The zero-order valence-corrected chi connectivity index (χ0v) is 11.3. The van der Waals surface area contributed by atoms with Crippen LogP contribution in [0.25, 0.3) is 0 Å². The minimum absolute atomic E-state index is 0.150. The zero-order valence-electron chi connectivity index (χ0n) is 9.63. The molecule has 1 aromatic rings. The molecule has 7 heteroatoms. The predicted octanol–water partition coefficient (Wildman–Crippen LogP) is 1.59. The summed E-state index contributed by atoms with van der Waals surface area (Å²) in [5.41, 5.74) is 0. The Morgan fingerprint density at radius 1 is 1.53 bits per heavy atom. The fourth-order valence-electron chi connectivity index (χ4n) is 1.32. The van der Waals surface area contributed by atoms with E-state index in [1.54, 1.807) is 19.9 Å². The molecule has 0 spiro atoms. The second kappa shape index (κ2) is 5.61. The number of carboxylic acids is 1. The van der Waals surface area contributed by atoms with Crippen LogP contribution >= 0.6 is 11.3 Å². The van der Waals surface area contributed by atoms with Crippen molar-refractivity contribution in [3.8, 4) is 0 Å². The largest absolute Gasteiger partial charge is 0.480 e. The van der Waals surface area contributed by atoms with Crippen molar-refractivity contribution in [3.63, 3.8) is 0 Å². The van der Waals surface area contributed by atoms with Crippen molar-refractivity contribution < 1.29 is 18.3 Å². The molecule has 0 amide bonds. The number of nitrogens with one attached hydrogen (secondary N) is 1. The lowest BCUT2D eigenvalue weighted by molar-refractivity contribution is -0.139. The topological polar surface area (TPSA) is 83.5 Å². The molecule has 1 rings (SSSR count). The van der Waals surface area contributed by atoms with E-state index in [0.717, 1.165) is 16.2 Å². The summed E-state index contributed by atoms with van der Waals surface area (Å²) in [5.74, 6) is -1.15. The number of carbonyl (C=O) groups is 1. The minimum atomic E-state index is -3.72. The Bertz CT molecular complexity index is 492. The number of hydrogen-bond acceptors (Lipinski definition) is 4. The fourth-order valence-corrected chi connectivity index (χ4v) is 3.85. The molecule has 1 atom stereocenters. The summed E-state index contributed by atoms with van der Waals surface area (Å²) >= 11 is 1.12. The average Bonchev–Trinajstić information content (AvgIpc) is 2.64. The standard InChI is InChI=1S/C10H15NO4S2/c1-3-4-8(10(12)13)11-17(14,15)9-6-5-7(2)16-9/h5-6,8,11H,3-4H2,1-2H3,(H,12,13)/t8-/m1/s1. The maximum Gasteiger partial charge on any atom is 0.321 e. The molecule has 96 valence electrons. The van der Waals surface area contributed by atoms with Crippen molar-refractivity contribution in [2.45, 2.75) is 36.9 Å². The van der Waals surface area contributed by atoms with Gasteiger partial charge in [0.1, 0.15) is 10.3 Å². The quantitative estimate of drug-likeness (QED) is 0.827. The molecule has 0 aliphatic heterocycles. The van der Waals surface area contributed by atoms with Crippen LogP contribution in [-0.4, -0.2) is 25.5 Å². The van der Waals surface area contributed by atoms with Gasteiger partial charge in [0, 0.05) is 4.88 Å². The van der Waals surface area contributed by atoms with Crippen molar-refractivity contribution in [2.75, 3.05) is 0 Å². The highest BCUT2D eigenvalue weighted by atomic mass is 32.2. The average molecular weight is 277 g/mol. The smallest absolute Gasteiger partial charge is 0.321 e. The van der Waals surface area contributed by atoms with Gasteiger partial charge in [0.15, 0.2) is 0 Å². The number of aliphatic carboxylic acids is 1. The van der Waals surface area contributed by atoms with E-state index in [9.17, 15) is 13.2 Å². The van der Waals surface area contributed by atoms with E-state index in [1.165, 1.54) is 6.07 Å². The zero-order chi connectivity index (χ0) is 13.1. The van der Waals surface area contributed by atoms with Gasteiger partial charge in [-0.25, -0.2) is 8.42 Å². The molecule has 17 heavy (non-hydrogen) atoms. The van der Waals surface area contributed by atoms with Gasteiger partial charge in [0.2, 0.25) is 0 Å². The number of rotatable bonds is 6. The van der Waals surface area contributed by atoms with Gasteiger partial charge in [-0.15, -0.1) is 11.3 Å². The van der Waals surface area contributed by atoms with Crippen LogP contribution in [0.5, 0.6) is 0 Å². The van der Waals surface area contributed by atoms with Crippen LogP contribution in [0.4, 0.5) is 0 Å². The summed E-state index contributed by atoms with van der Waals surface area (Å²) in [5, 5.41) is 8.90. The molecular weight excluding hydrogens is 262 g/mol. The first-order valence-electron chi connectivity index (χ1n) is 5.18. The van der Waals surface area contributed by atoms with Gasteiger partial charge in [-0.1, -0.05) is 13.3 Å². The Labute approximate surface area is 105 Å². The molecule has 1 heterocycles. The van der Waals surface area contributed by atoms with E-state index in [2.05, 4.69) is 4.72 Å². The Kier molecular flexibility index (Phi) is 4.67. The Morgan fingerprint density at radius 3 is 2.59 bits per heavy atom. The van der Waals surface area contributed by atoms with Gasteiger partial charge in [-0.05, 0) is 25.5 Å². The van der Waals surface area contributed by atoms with Gasteiger partial charge in [0.05, 0.1) is 0 Å². The molecule has 5 nitrogen and oxygen atoms in total. The number of hydrogen-bond donors (Lipinski definition) is 2. The lowest BCUT2D eigenvalue weighted by Crippen LogP contribution is -2.40. The van der Waals surface area contributed by atoms with Crippen molar-refractivity contribution in [3.05, 3.63) is 17.0 Å². The number of thiophene rings is 1. The van der Waals surface area contributed by atoms with Crippen LogP contribution in [0.1, 0.15) is 24.6 Å². The number of aryl methyl sites for hydroxylation is 1. The molecule has 2 N–H and O–H groups in total. The van der Waals surface area contributed by atoms with Crippen LogP contribution in [0, 0.1) is 6.92 Å². The summed E-state index contributed by atoms with van der Waals surface area (Å²) in [6.07, 6.45) is 0.877. The molecule has 1 aromatic heterocycles. The Balaban J connectivity index is 2.88. The SMILES string of the molecule is CCC[C@@H](NS(=O)(=O)c1ccc(C)s1)C(=O)O. The van der Waals surface area contributed by atoms with Crippen molar-refractivity contribution >= 4 is 27.3 Å². The molecular formula is C10H15NO4S2. The highest BCUT2D eigenvalue weighted by Crippen LogP contribution is 2.20. The molecule has 0 aliphatic rings. The van der Waals surface area contributed by atoms with Crippen LogP contribution in [-0.2, 0) is 14.8 Å². The maximum atomic E-state index is 11.9. The molecule has 0 radical (unpaired) electrons. The van der Waals surface area contributed by atoms with Crippen LogP contribution in [0.15, 0.2) is 16.3 Å². The summed E-state index contributed by atoms with van der Waals surface area (Å²) in [6.45, 7) is 3.60. The van der Waals surface area contributed by atoms with Gasteiger partial charge < -0.3 is 5.11 Å². The van der Waals surface area contributed by atoms with Crippen molar-refractivity contribution in [1.29, 1.82) is 0 Å². The lowest BCUT2D eigenvalue weighted by atomic mass is 10.2. The van der Waals surface area contributed by atoms with Crippen LogP contribution in [0.2, 0.25) is 0 Å². The van der Waals surface area contributed by atoms with Gasteiger partial charge >= 0.3 is 5.97 Å². The fraction of sp³-hybridized carbons (Fsp3) is 0.500. The van der Waals surface area contributed by atoms with Crippen molar-refractivity contribution in [2.24, 2.45) is 0 Å². The molecule has 0 aromatic carbocycles. The van der Waals surface area contributed by atoms with Crippen LogP contribution in [0.3, 0.4) is 0 Å². The molecule has 0 unspecified atom stereocenters. The number of carboxylic acid groups (broad SMARTS) is 1. The highest BCUT2D eigenvalue weighted by molar-refractivity contribution is 7.91. The maximum absolute atomic E-state index is 11.9. The normalized spacial score (nSPS) is 13.5. The lowest BCUT2D eigenvalue weighted by Gasteiger charge is -2.12. The van der Waals surface area contributed by atoms with Gasteiger partial charge in [-0.2, -0.15) is 4.72 Å². The van der Waals surface area contributed by atoms with Crippen molar-refractivity contribution in [1.82, 2.24) is 4.72 Å². The summed E-state index contributed by atoms with van der Waals surface area (Å²) in [4.78, 5) is 11.7. The van der Waals surface area contributed by atoms with Crippen LogP contribution < -0.4 is 4.72 Å². The summed E-state index contributed by atoms with van der Waals surface area (Å²) < 4.78 is 26.1. The van der Waals surface area contributed by atoms with Gasteiger partial charge in [0.25, 0.3) is 10.0 Å². The molecule has 0 bridgehead atoms. The third-order valence-electron chi connectivity index (χ3n) is 2.15. The third kappa shape index (κ3) is 3.79. The van der Waals surface area contributed by atoms with E-state index >= 15 is 0 Å². The first kappa shape index (κ1) is 14.1. The van der Waals surface area contributed by atoms with E-state index in [-0.39, 0.29) is 10.6 Å². The first-order chi connectivity index (χ1) is 7.86. The molecule has 0 fully saturated rings. The van der Waals surface area contributed by atoms with E-state index < -0.39 is 22.0 Å². The second-order valence-electron chi connectivity index (χ2n) is 3.67. The number of sulfonamides is 1. The second-order valence-corrected chi connectivity index (χ2v) is 6.89. The van der Waals surface area contributed by atoms with E-state index in [0.29, 0.717) is 6.42 Å². The first-order valence-corrected chi connectivity index (χ1v) is 7.48. The Hall–Kier alpha value is -0.920. The summed E-state index contributed by atoms with van der Waals surface area (Å²) in [6, 6.07) is 2.11. The third-order valence-corrected chi connectivity index (χ3v) is 5.12. The summed E-state index contributed by atoms with van der Waals surface area (Å²) in [7, 11) is -3.72. The monoisotopic (exact) mass is 277 g/mol. The van der Waals surface area contributed by atoms with E-state index in [4.69, 9.17) is 5.11 Å². The molecule has 0 aliphatic carbocycles. The Morgan fingerprint density at radius 2 is 2.18 bits per heavy atom. The molecule has 0 saturated heterocycles. The predicted molar refractivity (Wildman–Crippen MR) is 65.7 cm³/mol. The minimum Gasteiger partial charge on any atom is -0.480 e. The van der Waals surface area contributed by atoms with E-state index in [1.807, 2.05) is 0 Å². The van der Waals surface area contributed by atoms with Gasteiger partial charge in [-0.3, -0.25) is 4.79 Å².